The van der Waals surface area contributed by atoms with Gasteiger partial charge in [-0.1, -0.05) is 237 Å². The van der Waals surface area contributed by atoms with Crippen molar-refractivity contribution in [1.29, 1.82) is 0 Å². The van der Waals surface area contributed by atoms with Gasteiger partial charge in [0.1, 0.15) is 17.8 Å². The quantitative estimate of drug-likeness (QED) is 0.0124. The molecule has 0 unspecified atom stereocenters. The van der Waals surface area contributed by atoms with Crippen molar-refractivity contribution in [3.8, 4) is 0 Å². The number of carbonyl (C=O) groups is 3. The predicted octanol–water partition coefficient (Wildman–Crippen LogP) is 21.0. The highest BCUT2D eigenvalue weighted by molar-refractivity contribution is 5.96. The summed E-state index contributed by atoms with van der Waals surface area (Å²) in [6, 6.07) is 0. The van der Waals surface area contributed by atoms with Crippen LogP contribution in [-0.4, -0.2) is 51.8 Å². The lowest BCUT2D eigenvalue weighted by Gasteiger charge is -2.44. The first-order valence-electron chi connectivity index (χ1n) is 32.7. The van der Waals surface area contributed by atoms with E-state index in [1.54, 1.807) is 0 Å². The fourth-order valence-corrected chi connectivity index (χ4v) is 11.9. The largest absolute Gasteiger partial charge is 0.462 e. The zero-order chi connectivity index (χ0) is 62.5. The van der Waals surface area contributed by atoms with E-state index in [0.717, 1.165) is 86.5 Å². The Labute approximate surface area is 517 Å². The summed E-state index contributed by atoms with van der Waals surface area (Å²) >= 11 is 0. The zero-order valence-electron chi connectivity index (χ0n) is 55.2. The molecular weight excluding hydrogens is 1050 g/mol. The van der Waals surface area contributed by atoms with Gasteiger partial charge in [0.25, 0.3) is 0 Å². The third-order valence-corrected chi connectivity index (χ3v) is 16.6. The van der Waals surface area contributed by atoms with Crippen LogP contribution in [0.25, 0.3) is 0 Å². The summed E-state index contributed by atoms with van der Waals surface area (Å²) in [6.07, 6.45) is 74.9. The standard InChI is InChI=1S/C78H114O7/c1-13-15-17-19-21-23-25-27-28-29-30-31-32-34-36-38-40-42-44-56-73(81)84-69-60-75(9,10)78(77(12,62-69)85-78)63-70(79)67(6)54-48-53-65(4)50-46-45-49-64(3)51-47-52-66(5)57-58-71-74(7,8)59-68(61-76(71,11)82)83-72(80)55-43-41-39-37-35-33-26-24-22-20-18-16-14-2/h15,17,21,23-24,26-28,30-31,34,36,40,42,45-54,57,68-69,82H,13-14,16,18-20,22,25,29,32-33,35,37-39,41,43-44,55-56,59-63H2,1-12H3/b17-15-,23-21-,26-24+,28-27-,31-30-,36-34-,42-40-,46-45+,51-47+,53-48+,64-49+,65-50+,66-52+,67-54+/t58?,68-,69-,76+,77+,78-/m0/s1. The van der Waals surface area contributed by atoms with Crippen LogP contribution < -0.4 is 0 Å². The summed E-state index contributed by atoms with van der Waals surface area (Å²) in [6.45, 7) is 24.7. The summed E-state index contributed by atoms with van der Waals surface area (Å²) in [4.78, 5) is 39.4. The van der Waals surface area contributed by atoms with Crippen molar-refractivity contribution in [3.05, 3.63) is 185 Å². The SMILES string of the molecule is CC/C=C\C/C=C\C/C=C\C/C=C\C/C=C\C/C=C\CCC(=O)O[C@H]1CC(C)(C)[C@]2(CC(=O)/C(C)=C/C=C/C(C)=C/C=C/C=C(C)/C=C/C=C(\C)C=C=C3C(C)(C)C[C@H](OC(=O)CCCCCCC/C=C/CCCCCC)C[C@@]3(C)O)O[C@]2(C)C1. The molecule has 0 aromatic rings. The van der Waals surface area contributed by atoms with Gasteiger partial charge in [0.2, 0.25) is 0 Å². The van der Waals surface area contributed by atoms with E-state index in [1.165, 1.54) is 44.9 Å². The number of epoxide rings is 1. The second-order valence-corrected chi connectivity index (χ2v) is 25.8. The van der Waals surface area contributed by atoms with Crippen molar-refractivity contribution in [1.82, 2.24) is 0 Å². The summed E-state index contributed by atoms with van der Waals surface area (Å²) in [5.74, 6) is -0.294. The van der Waals surface area contributed by atoms with Gasteiger partial charge in [-0.05, 0) is 154 Å². The van der Waals surface area contributed by atoms with Gasteiger partial charge < -0.3 is 19.3 Å². The molecule has 3 rings (SSSR count). The first-order valence-corrected chi connectivity index (χ1v) is 32.7. The molecule has 0 aromatic heterocycles. The molecule has 468 valence electrons. The number of fused-ring (bicyclic) bond motifs is 1. The van der Waals surface area contributed by atoms with Crippen LogP contribution in [0.3, 0.4) is 0 Å². The molecule has 7 heteroatoms. The molecular formula is C78H114O7. The van der Waals surface area contributed by atoms with Crippen LogP contribution in [0.4, 0.5) is 0 Å². The molecule has 2 aliphatic carbocycles. The van der Waals surface area contributed by atoms with Crippen LogP contribution in [0.2, 0.25) is 0 Å². The van der Waals surface area contributed by atoms with Gasteiger partial charge in [-0.2, -0.15) is 0 Å². The molecule has 7 nitrogen and oxygen atoms in total. The first-order chi connectivity index (χ1) is 40.6. The second-order valence-electron chi connectivity index (χ2n) is 25.8. The van der Waals surface area contributed by atoms with Crippen LogP contribution >= 0.6 is 0 Å². The molecule has 2 saturated carbocycles. The lowest BCUT2D eigenvalue weighted by Crippen LogP contribution is -2.49. The van der Waals surface area contributed by atoms with Crippen LogP contribution in [0.1, 0.15) is 244 Å². The highest BCUT2D eigenvalue weighted by Gasteiger charge is 2.76. The number of ketones is 1. The molecule has 1 aliphatic heterocycles. The fraction of sp³-hybridized carbons (Fsp3) is 0.564. The normalized spacial score (nSPS) is 24.1. The van der Waals surface area contributed by atoms with Crippen molar-refractivity contribution in [2.75, 3.05) is 0 Å². The lowest BCUT2D eigenvalue weighted by atomic mass is 9.61. The molecule has 3 fully saturated rings. The molecule has 1 N–H and O–H groups in total. The van der Waals surface area contributed by atoms with Gasteiger partial charge in [-0.3, -0.25) is 14.4 Å². The van der Waals surface area contributed by atoms with E-state index in [-0.39, 0.29) is 40.8 Å². The number of unbranched alkanes of at least 4 members (excludes halogenated alkanes) is 9. The molecule has 85 heavy (non-hydrogen) atoms. The Kier molecular flexibility index (Phi) is 34.6. The van der Waals surface area contributed by atoms with Crippen LogP contribution in [0.15, 0.2) is 185 Å². The Morgan fingerprint density at radius 3 is 1.54 bits per heavy atom. The van der Waals surface area contributed by atoms with E-state index in [4.69, 9.17) is 14.2 Å². The maximum absolute atomic E-state index is 13.6. The molecule has 0 aromatic carbocycles. The monoisotopic (exact) mass is 1160 g/mol. The molecule has 1 heterocycles. The van der Waals surface area contributed by atoms with E-state index >= 15 is 0 Å². The van der Waals surface area contributed by atoms with Gasteiger partial charge >= 0.3 is 11.9 Å². The maximum Gasteiger partial charge on any atom is 0.306 e. The second kappa shape index (κ2) is 40.0. The van der Waals surface area contributed by atoms with Crippen molar-refractivity contribution in [3.63, 3.8) is 0 Å². The van der Waals surface area contributed by atoms with Gasteiger partial charge in [0.15, 0.2) is 5.78 Å². The maximum atomic E-state index is 13.6. The van der Waals surface area contributed by atoms with Crippen molar-refractivity contribution in [2.24, 2.45) is 10.8 Å². The Morgan fingerprint density at radius 2 is 1.00 bits per heavy atom. The van der Waals surface area contributed by atoms with Gasteiger partial charge in [-0.15, -0.1) is 5.73 Å². The molecule has 5 atom stereocenters. The van der Waals surface area contributed by atoms with Gasteiger partial charge in [0.05, 0.1) is 11.2 Å². The summed E-state index contributed by atoms with van der Waals surface area (Å²) < 4.78 is 18.4. The highest BCUT2D eigenvalue weighted by atomic mass is 16.6. The van der Waals surface area contributed by atoms with E-state index in [9.17, 15) is 19.5 Å². The van der Waals surface area contributed by atoms with Crippen LogP contribution in [0.5, 0.6) is 0 Å². The minimum absolute atomic E-state index is 0.0608. The van der Waals surface area contributed by atoms with Crippen molar-refractivity contribution >= 4 is 17.7 Å². The molecule has 3 aliphatic rings. The number of carbonyl (C=O) groups excluding carboxylic acids is 3. The Bertz CT molecular complexity index is 2560. The molecule has 1 saturated heterocycles. The topological polar surface area (TPSA) is 102 Å². The van der Waals surface area contributed by atoms with Crippen molar-refractivity contribution in [2.45, 2.75) is 273 Å². The predicted molar refractivity (Wildman–Crippen MR) is 360 cm³/mol. The van der Waals surface area contributed by atoms with Gasteiger partial charge in [0, 0.05) is 43.1 Å². The smallest absolute Gasteiger partial charge is 0.306 e. The minimum Gasteiger partial charge on any atom is -0.462 e. The van der Waals surface area contributed by atoms with Crippen molar-refractivity contribution < 1.29 is 33.7 Å². The van der Waals surface area contributed by atoms with Gasteiger partial charge in [-0.25, -0.2) is 0 Å². The van der Waals surface area contributed by atoms with E-state index in [2.05, 4.69) is 158 Å². The number of hydrogen-bond acceptors (Lipinski definition) is 7. The highest BCUT2D eigenvalue weighted by Crippen LogP contribution is 2.67. The van der Waals surface area contributed by atoms with Crippen LogP contribution in [0, 0.1) is 10.8 Å². The molecule has 0 radical (unpaired) electrons. The number of rotatable bonds is 39. The van der Waals surface area contributed by atoms with Crippen LogP contribution in [-0.2, 0) is 28.6 Å². The molecule has 0 spiro atoms. The van der Waals surface area contributed by atoms with E-state index in [1.807, 2.05) is 82.4 Å². The number of hydrogen-bond donors (Lipinski definition) is 1. The fourth-order valence-electron chi connectivity index (χ4n) is 11.9. The Balaban J connectivity index is 1.37. The minimum atomic E-state index is -1.14. The van der Waals surface area contributed by atoms with E-state index in [0.29, 0.717) is 56.9 Å². The summed E-state index contributed by atoms with van der Waals surface area (Å²) in [5.41, 5.74) is 5.08. The molecule has 0 amide bonds. The number of esters is 2. The average molecular weight is 1160 g/mol. The lowest BCUT2D eigenvalue weighted by molar-refractivity contribution is -0.156. The number of aliphatic hydroxyl groups is 1. The average Bonchev–Trinajstić information content (AvgIpc) is 1.56. The number of Topliss-reactive ketones (excluding diaryl/α,β-unsaturated/α-hetero) is 1. The third kappa shape index (κ3) is 29.1. The number of ether oxygens (including phenoxy) is 3. The van der Waals surface area contributed by atoms with E-state index < -0.39 is 16.8 Å². The number of allylic oxidation sites excluding steroid dienone is 28. The summed E-state index contributed by atoms with van der Waals surface area (Å²) in [7, 11) is 0. The molecule has 0 bridgehead atoms. The Morgan fingerprint density at radius 1 is 0.529 bits per heavy atom. The Hall–Kier alpha value is -5.59. The third-order valence-electron chi connectivity index (χ3n) is 16.6. The zero-order valence-corrected chi connectivity index (χ0v) is 55.2. The first kappa shape index (κ1) is 73.7. The summed E-state index contributed by atoms with van der Waals surface area (Å²) in [5, 5.41) is 11.6.